The molecule has 0 aliphatic rings. The van der Waals surface area contributed by atoms with Gasteiger partial charge >= 0.3 is 5.97 Å². The van der Waals surface area contributed by atoms with Crippen LogP contribution in [0.2, 0.25) is 5.02 Å². The molecule has 0 unspecified atom stereocenters. The van der Waals surface area contributed by atoms with E-state index in [9.17, 15) is 4.79 Å². The lowest BCUT2D eigenvalue weighted by atomic mass is 10.2. The van der Waals surface area contributed by atoms with Crippen LogP contribution in [-0.4, -0.2) is 16.1 Å². The summed E-state index contributed by atoms with van der Waals surface area (Å²) in [7, 11) is 0. The van der Waals surface area contributed by atoms with Gasteiger partial charge < -0.3 is 9.84 Å². The maximum Gasteiger partial charge on any atom is 0.365 e. The van der Waals surface area contributed by atoms with Crippen LogP contribution in [0.15, 0.2) is 29.6 Å². The van der Waals surface area contributed by atoms with Gasteiger partial charge in [-0.05, 0) is 17.7 Å². The number of carboxylic acids is 1. The summed E-state index contributed by atoms with van der Waals surface area (Å²) in [4.78, 5) is 14.6. The predicted molar refractivity (Wildman–Crippen MR) is 69.0 cm³/mol. The number of nitrogens with zero attached hydrogens (tertiary/aromatic N) is 1. The molecule has 0 radical (unpaired) electrons. The third-order valence-electron chi connectivity index (χ3n) is 2.14. The highest BCUT2D eigenvalue weighted by atomic mass is 35.5. The molecule has 0 aliphatic heterocycles. The molecule has 6 heteroatoms. The number of hydrogen-bond acceptors (Lipinski definition) is 4. The fourth-order valence-corrected chi connectivity index (χ4v) is 2.22. The van der Waals surface area contributed by atoms with Crippen LogP contribution in [0.1, 0.15) is 21.1 Å². The Morgan fingerprint density at radius 3 is 2.94 bits per heavy atom. The first-order chi connectivity index (χ1) is 8.65. The van der Waals surface area contributed by atoms with Crippen molar-refractivity contribution in [2.75, 3.05) is 0 Å². The Kier molecular flexibility index (Phi) is 4.30. The van der Waals surface area contributed by atoms with Crippen molar-refractivity contribution in [1.82, 2.24) is 4.98 Å². The first-order valence-electron chi connectivity index (χ1n) is 5.15. The second-order valence-corrected chi connectivity index (χ2v) is 4.87. The molecule has 0 spiro atoms. The third kappa shape index (κ3) is 3.53. The third-order valence-corrected chi connectivity index (χ3v) is 3.26. The zero-order chi connectivity index (χ0) is 13.0. The largest absolute Gasteiger partial charge is 0.476 e. The van der Waals surface area contributed by atoms with Crippen LogP contribution < -0.4 is 0 Å². The molecule has 94 valence electrons. The summed E-state index contributed by atoms with van der Waals surface area (Å²) in [6, 6.07) is 7.39. The van der Waals surface area contributed by atoms with E-state index >= 15 is 0 Å². The smallest absolute Gasteiger partial charge is 0.365 e. The Bertz CT molecular complexity index is 556. The van der Waals surface area contributed by atoms with Gasteiger partial charge in [0.25, 0.3) is 0 Å². The van der Waals surface area contributed by atoms with Gasteiger partial charge in [-0.2, -0.15) is 0 Å². The number of rotatable bonds is 5. The SMILES string of the molecule is O=C(O)c1nc(COCc2cccc(Cl)c2)cs1. The number of benzene rings is 1. The summed E-state index contributed by atoms with van der Waals surface area (Å²) in [5.41, 5.74) is 1.59. The Morgan fingerprint density at radius 1 is 1.44 bits per heavy atom. The van der Waals surface area contributed by atoms with Crippen LogP contribution in [0.5, 0.6) is 0 Å². The second-order valence-electron chi connectivity index (χ2n) is 3.57. The molecule has 4 nitrogen and oxygen atoms in total. The summed E-state index contributed by atoms with van der Waals surface area (Å²) in [6.45, 7) is 0.705. The van der Waals surface area contributed by atoms with Crippen molar-refractivity contribution in [1.29, 1.82) is 0 Å². The Morgan fingerprint density at radius 2 is 2.28 bits per heavy atom. The lowest BCUT2D eigenvalue weighted by Crippen LogP contribution is -1.98. The number of halogens is 1. The summed E-state index contributed by atoms with van der Waals surface area (Å²) in [6.07, 6.45) is 0. The molecule has 0 aliphatic carbocycles. The number of carbonyl (C=O) groups is 1. The maximum atomic E-state index is 10.6. The minimum atomic E-state index is -1.01. The van der Waals surface area contributed by atoms with Crippen LogP contribution in [0.4, 0.5) is 0 Å². The molecular weight excluding hydrogens is 274 g/mol. The van der Waals surface area contributed by atoms with Crippen LogP contribution in [-0.2, 0) is 18.0 Å². The van der Waals surface area contributed by atoms with Gasteiger partial charge in [0.15, 0.2) is 0 Å². The van der Waals surface area contributed by atoms with Gasteiger partial charge in [0.05, 0.1) is 18.9 Å². The summed E-state index contributed by atoms with van der Waals surface area (Å²) < 4.78 is 5.45. The van der Waals surface area contributed by atoms with Crippen LogP contribution in [0.3, 0.4) is 0 Å². The molecule has 0 saturated heterocycles. The van der Waals surface area contributed by atoms with E-state index in [-0.39, 0.29) is 11.6 Å². The minimum absolute atomic E-state index is 0.0800. The molecule has 1 aromatic carbocycles. The minimum Gasteiger partial charge on any atom is -0.476 e. The summed E-state index contributed by atoms with van der Waals surface area (Å²) in [5.74, 6) is -1.01. The number of thiazole rings is 1. The molecule has 2 rings (SSSR count). The molecular formula is C12H10ClNO3S. The second kappa shape index (κ2) is 5.95. The predicted octanol–water partition coefficient (Wildman–Crippen LogP) is 3.21. The molecule has 0 bridgehead atoms. The quantitative estimate of drug-likeness (QED) is 0.915. The molecule has 0 amide bonds. The molecule has 0 fully saturated rings. The van der Waals surface area contributed by atoms with Crippen molar-refractivity contribution in [3.8, 4) is 0 Å². The van der Waals surface area contributed by atoms with Gasteiger partial charge in [-0.25, -0.2) is 9.78 Å². The zero-order valence-electron chi connectivity index (χ0n) is 9.30. The molecule has 0 atom stereocenters. The van der Waals surface area contributed by atoms with Gasteiger partial charge in [-0.1, -0.05) is 23.7 Å². The topological polar surface area (TPSA) is 59.4 Å². The number of aromatic carboxylic acids is 1. The van der Waals surface area contributed by atoms with Crippen molar-refractivity contribution < 1.29 is 14.6 Å². The Balaban J connectivity index is 1.86. The fraction of sp³-hybridized carbons (Fsp3) is 0.167. The van der Waals surface area contributed by atoms with E-state index in [0.717, 1.165) is 16.9 Å². The van der Waals surface area contributed by atoms with Crippen molar-refractivity contribution >= 4 is 28.9 Å². The first-order valence-corrected chi connectivity index (χ1v) is 6.41. The van der Waals surface area contributed by atoms with E-state index in [1.54, 1.807) is 11.4 Å². The summed E-state index contributed by atoms with van der Waals surface area (Å²) >= 11 is 6.94. The van der Waals surface area contributed by atoms with Crippen LogP contribution in [0, 0.1) is 0 Å². The van der Waals surface area contributed by atoms with E-state index in [1.165, 1.54) is 0 Å². The monoisotopic (exact) mass is 283 g/mol. The average Bonchev–Trinajstić information content (AvgIpc) is 2.78. The first kappa shape index (κ1) is 13.0. The Hall–Kier alpha value is -1.43. The molecule has 0 saturated carbocycles. The van der Waals surface area contributed by atoms with Crippen molar-refractivity contribution in [2.24, 2.45) is 0 Å². The van der Waals surface area contributed by atoms with E-state index in [0.29, 0.717) is 17.3 Å². The molecule has 18 heavy (non-hydrogen) atoms. The van der Waals surface area contributed by atoms with Gasteiger partial charge in [0.1, 0.15) is 0 Å². The normalized spacial score (nSPS) is 10.5. The average molecular weight is 284 g/mol. The van der Waals surface area contributed by atoms with Crippen molar-refractivity contribution in [2.45, 2.75) is 13.2 Å². The summed E-state index contributed by atoms with van der Waals surface area (Å²) in [5, 5.41) is 11.2. The Labute approximate surface area is 113 Å². The molecule has 2 aromatic rings. The molecule has 1 aromatic heterocycles. The highest BCUT2D eigenvalue weighted by molar-refractivity contribution is 7.11. The maximum absolute atomic E-state index is 10.6. The van der Waals surface area contributed by atoms with Crippen LogP contribution in [0.25, 0.3) is 0 Å². The lowest BCUT2D eigenvalue weighted by molar-refractivity contribution is 0.0694. The highest BCUT2D eigenvalue weighted by Gasteiger charge is 2.08. The van der Waals surface area contributed by atoms with Crippen molar-refractivity contribution in [3.05, 3.63) is 50.9 Å². The number of ether oxygens (including phenoxy) is 1. The molecule has 1 N–H and O–H groups in total. The van der Waals surface area contributed by atoms with Crippen molar-refractivity contribution in [3.63, 3.8) is 0 Å². The van der Waals surface area contributed by atoms with E-state index in [1.807, 2.05) is 18.2 Å². The number of hydrogen-bond donors (Lipinski definition) is 1. The van der Waals surface area contributed by atoms with Gasteiger partial charge in [0, 0.05) is 10.4 Å². The highest BCUT2D eigenvalue weighted by Crippen LogP contribution is 2.14. The van der Waals surface area contributed by atoms with E-state index in [4.69, 9.17) is 21.4 Å². The zero-order valence-corrected chi connectivity index (χ0v) is 10.9. The lowest BCUT2D eigenvalue weighted by Gasteiger charge is -2.02. The van der Waals surface area contributed by atoms with E-state index < -0.39 is 5.97 Å². The van der Waals surface area contributed by atoms with Crippen LogP contribution >= 0.6 is 22.9 Å². The van der Waals surface area contributed by atoms with Gasteiger partial charge in [0.2, 0.25) is 5.01 Å². The van der Waals surface area contributed by atoms with Gasteiger partial charge in [-0.15, -0.1) is 11.3 Å². The van der Waals surface area contributed by atoms with Gasteiger partial charge in [-0.3, -0.25) is 0 Å². The fourth-order valence-electron chi connectivity index (χ4n) is 1.37. The number of aromatic nitrogens is 1. The molecule has 1 heterocycles. The number of carboxylic acid groups (broad SMARTS) is 1. The van der Waals surface area contributed by atoms with E-state index in [2.05, 4.69) is 4.98 Å². The standard InChI is InChI=1S/C12H10ClNO3S/c13-9-3-1-2-8(4-9)5-17-6-10-7-18-11(14-10)12(15)16/h1-4,7H,5-6H2,(H,15,16).